The number of aromatic nitrogens is 2. The highest BCUT2D eigenvalue weighted by atomic mass is 35.5. The monoisotopic (exact) mass is 430 g/mol. The number of hydrogen-bond acceptors (Lipinski definition) is 4. The minimum Gasteiger partial charge on any atom is -0.383 e. The molecule has 27 heavy (non-hydrogen) atoms. The number of alkyl halides is 6. The van der Waals surface area contributed by atoms with Crippen LogP contribution in [0.25, 0.3) is 5.69 Å². The molecule has 0 spiro atoms. The lowest BCUT2D eigenvalue weighted by molar-refractivity contribution is -0.187. The Morgan fingerprint density at radius 2 is 1.70 bits per heavy atom. The van der Waals surface area contributed by atoms with E-state index < -0.39 is 62.9 Å². The van der Waals surface area contributed by atoms with Gasteiger partial charge in [0.2, 0.25) is 5.60 Å². The molecule has 13 heteroatoms. The van der Waals surface area contributed by atoms with Crippen LogP contribution in [0.2, 0.25) is 10.0 Å². The summed E-state index contributed by atoms with van der Waals surface area (Å²) in [6, 6.07) is 2.49. The van der Waals surface area contributed by atoms with Crippen LogP contribution in [-0.2, 0) is 16.5 Å². The van der Waals surface area contributed by atoms with Crippen LogP contribution in [0.15, 0.2) is 12.1 Å². The normalized spacial score (nSPS) is 19.8. The molecule has 0 amide bonds. The van der Waals surface area contributed by atoms with Crippen molar-refractivity contribution >= 4 is 29.0 Å². The van der Waals surface area contributed by atoms with Gasteiger partial charge in [-0.1, -0.05) is 23.2 Å². The van der Waals surface area contributed by atoms with Crippen molar-refractivity contribution in [3.05, 3.63) is 39.0 Å². The number of ether oxygens (including phenoxy) is 1. The maximum absolute atomic E-state index is 13.3. The van der Waals surface area contributed by atoms with Gasteiger partial charge in [-0.15, -0.1) is 0 Å². The fourth-order valence-electron chi connectivity index (χ4n) is 2.53. The Morgan fingerprint density at radius 3 is 2.07 bits per heavy atom. The largest absolute Gasteiger partial charge is 0.424 e. The highest BCUT2D eigenvalue weighted by Crippen LogP contribution is 2.54. The van der Waals surface area contributed by atoms with Crippen LogP contribution in [0.3, 0.4) is 0 Å². The lowest BCUT2D eigenvalue weighted by Crippen LogP contribution is -2.31. The first-order chi connectivity index (χ1) is 12.3. The summed E-state index contributed by atoms with van der Waals surface area (Å²) >= 11 is 11.7. The highest BCUT2D eigenvalue weighted by molar-refractivity contribution is 6.38. The standard InChI is InChI=1S/C14H6Cl2F6N4O/c15-6-1-5(13(17,18)19)2-7(16)10(6)26-11(24)9(8(3-23)25-26)12(4-27-12)14(20,21)22/h1-2H,4,24H2. The van der Waals surface area contributed by atoms with E-state index in [4.69, 9.17) is 34.2 Å². The van der Waals surface area contributed by atoms with Crippen LogP contribution >= 0.6 is 23.2 Å². The molecule has 2 aromatic rings. The van der Waals surface area contributed by atoms with Crippen molar-refractivity contribution in [2.45, 2.75) is 18.0 Å². The quantitative estimate of drug-likeness (QED) is 0.564. The molecule has 1 atom stereocenters. The molecule has 3 rings (SSSR count). The number of nitrogens with two attached hydrogens (primary N) is 1. The maximum Gasteiger partial charge on any atom is 0.424 e. The summed E-state index contributed by atoms with van der Waals surface area (Å²) in [5, 5.41) is 11.6. The number of epoxide rings is 1. The molecular weight excluding hydrogens is 425 g/mol. The molecule has 1 aliphatic rings. The number of anilines is 1. The van der Waals surface area contributed by atoms with Crippen LogP contribution < -0.4 is 5.73 Å². The number of nitrogen functional groups attached to an aromatic ring is 1. The zero-order valence-corrected chi connectivity index (χ0v) is 14.2. The second-order valence-corrected chi connectivity index (χ2v) is 6.35. The molecule has 1 aromatic carbocycles. The van der Waals surface area contributed by atoms with Crippen molar-refractivity contribution in [1.82, 2.24) is 9.78 Å². The molecular formula is C14H6Cl2F6N4O. The molecule has 0 aliphatic carbocycles. The van der Waals surface area contributed by atoms with Gasteiger partial charge in [-0.25, -0.2) is 4.68 Å². The van der Waals surface area contributed by atoms with E-state index in [0.717, 1.165) is 0 Å². The summed E-state index contributed by atoms with van der Waals surface area (Å²) in [5.41, 5.74) is -0.122. The minimum atomic E-state index is -4.89. The first kappa shape index (κ1) is 19.6. The van der Waals surface area contributed by atoms with Gasteiger partial charge in [0.1, 0.15) is 17.6 Å². The topological polar surface area (TPSA) is 80.2 Å². The number of halogens is 8. The predicted octanol–water partition coefficient (Wildman–Crippen LogP) is 4.44. The molecule has 0 radical (unpaired) electrons. The van der Waals surface area contributed by atoms with Crippen molar-refractivity contribution in [3.63, 3.8) is 0 Å². The molecule has 0 bridgehead atoms. The molecule has 1 unspecified atom stereocenters. The highest BCUT2D eigenvalue weighted by Gasteiger charge is 2.69. The number of hydrogen-bond donors (Lipinski definition) is 1. The smallest absolute Gasteiger partial charge is 0.383 e. The van der Waals surface area contributed by atoms with E-state index in [2.05, 4.69) is 9.84 Å². The molecule has 1 aromatic heterocycles. The second-order valence-electron chi connectivity index (χ2n) is 5.53. The van der Waals surface area contributed by atoms with Crippen LogP contribution in [0.1, 0.15) is 16.8 Å². The van der Waals surface area contributed by atoms with E-state index >= 15 is 0 Å². The van der Waals surface area contributed by atoms with Gasteiger partial charge in [-0.05, 0) is 12.1 Å². The van der Waals surface area contributed by atoms with E-state index in [1.165, 1.54) is 6.07 Å². The minimum absolute atomic E-state index is 0.399. The summed E-state index contributed by atoms with van der Waals surface area (Å²) in [6.07, 6.45) is -9.65. The van der Waals surface area contributed by atoms with Crippen molar-refractivity contribution in [2.75, 3.05) is 12.3 Å². The Hall–Kier alpha value is -2.16. The Kier molecular flexibility index (Phi) is 4.30. The molecule has 0 saturated carbocycles. The lowest BCUT2D eigenvalue weighted by Gasteiger charge is -2.16. The third-order valence-electron chi connectivity index (χ3n) is 3.88. The Labute approximate surface area is 156 Å². The third-order valence-corrected chi connectivity index (χ3v) is 4.45. The molecule has 1 aliphatic heterocycles. The zero-order chi connectivity index (χ0) is 20.4. The molecule has 2 heterocycles. The second kappa shape index (κ2) is 5.92. The number of nitrogens with zero attached hydrogens (tertiary/aromatic N) is 3. The van der Waals surface area contributed by atoms with Crippen LogP contribution in [-0.4, -0.2) is 22.6 Å². The van der Waals surface area contributed by atoms with Gasteiger partial charge in [0, 0.05) is 0 Å². The van der Waals surface area contributed by atoms with Crippen LogP contribution in [0.5, 0.6) is 0 Å². The lowest BCUT2D eigenvalue weighted by atomic mass is 9.99. The molecule has 144 valence electrons. The molecule has 5 nitrogen and oxygen atoms in total. The Balaban J connectivity index is 2.23. The van der Waals surface area contributed by atoms with Crippen molar-refractivity contribution in [1.29, 1.82) is 5.26 Å². The van der Waals surface area contributed by atoms with Gasteiger partial charge < -0.3 is 10.5 Å². The maximum atomic E-state index is 13.3. The van der Waals surface area contributed by atoms with Gasteiger partial charge in [0.05, 0.1) is 27.8 Å². The Bertz CT molecular complexity index is 949. The average molecular weight is 431 g/mol. The fraction of sp³-hybridized carbons (Fsp3) is 0.286. The van der Waals surface area contributed by atoms with E-state index in [0.29, 0.717) is 16.8 Å². The number of rotatable bonds is 2. The van der Waals surface area contributed by atoms with Crippen molar-refractivity contribution < 1.29 is 31.1 Å². The van der Waals surface area contributed by atoms with Gasteiger partial charge in [0.25, 0.3) is 0 Å². The van der Waals surface area contributed by atoms with E-state index in [1.54, 1.807) is 0 Å². The molecule has 2 N–H and O–H groups in total. The van der Waals surface area contributed by atoms with Crippen LogP contribution in [0.4, 0.5) is 32.2 Å². The van der Waals surface area contributed by atoms with Gasteiger partial charge >= 0.3 is 12.4 Å². The SMILES string of the molecule is N#Cc1nn(-c2c(Cl)cc(C(F)(F)F)cc2Cl)c(N)c1C1(C(F)(F)F)CO1. The summed E-state index contributed by atoms with van der Waals surface area (Å²) in [5.74, 6) is -0.676. The van der Waals surface area contributed by atoms with Gasteiger partial charge in [0.15, 0.2) is 5.69 Å². The van der Waals surface area contributed by atoms with Crippen molar-refractivity contribution in [3.8, 4) is 11.8 Å². The summed E-state index contributed by atoms with van der Waals surface area (Å²) in [6.45, 7) is -0.782. The fourth-order valence-corrected chi connectivity index (χ4v) is 3.18. The summed E-state index contributed by atoms with van der Waals surface area (Å²) in [4.78, 5) is 0. The molecule has 1 fully saturated rings. The number of benzene rings is 1. The first-order valence-electron chi connectivity index (χ1n) is 6.90. The summed E-state index contributed by atoms with van der Waals surface area (Å²) < 4.78 is 83.6. The third kappa shape index (κ3) is 2.97. The zero-order valence-electron chi connectivity index (χ0n) is 12.7. The van der Waals surface area contributed by atoms with Gasteiger partial charge in [-0.2, -0.15) is 36.7 Å². The van der Waals surface area contributed by atoms with E-state index in [9.17, 15) is 26.3 Å². The number of nitriles is 1. The van der Waals surface area contributed by atoms with E-state index in [1.807, 2.05) is 0 Å². The average Bonchev–Trinajstić information content (AvgIpc) is 3.26. The summed E-state index contributed by atoms with van der Waals surface area (Å²) in [7, 11) is 0. The Morgan fingerprint density at radius 1 is 1.19 bits per heavy atom. The predicted molar refractivity (Wildman–Crippen MR) is 81.4 cm³/mol. The van der Waals surface area contributed by atoms with Gasteiger partial charge in [-0.3, -0.25) is 0 Å². The van der Waals surface area contributed by atoms with Crippen LogP contribution in [0, 0.1) is 11.3 Å². The van der Waals surface area contributed by atoms with Crippen molar-refractivity contribution in [2.24, 2.45) is 0 Å². The molecule has 1 saturated heterocycles. The van der Waals surface area contributed by atoms with E-state index in [-0.39, 0.29) is 0 Å². The first-order valence-corrected chi connectivity index (χ1v) is 7.65.